The summed E-state index contributed by atoms with van der Waals surface area (Å²) >= 11 is 0. The van der Waals surface area contributed by atoms with E-state index in [1.54, 1.807) is 4.90 Å². The standard InChI is InChI=1S/C11H21NO3/c1-8-5-6-12(9(8)7-13)10(14)15-11(2,3)4/h8-9,13H,5-7H2,1-4H3/t8-,9-/m0/s1. The second-order valence-electron chi connectivity index (χ2n) is 5.19. The predicted octanol–water partition coefficient (Wildman–Crippen LogP) is 1.62. The lowest BCUT2D eigenvalue weighted by molar-refractivity contribution is 0.0151. The van der Waals surface area contributed by atoms with E-state index in [2.05, 4.69) is 0 Å². The average molecular weight is 215 g/mol. The molecule has 0 spiro atoms. The highest BCUT2D eigenvalue weighted by molar-refractivity contribution is 5.69. The van der Waals surface area contributed by atoms with Crippen LogP contribution in [0.1, 0.15) is 34.1 Å². The Morgan fingerprint density at radius 1 is 1.53 bits per heavy atom. The van der Waals surface area contributed by atoms with Crippen molar-refractivity contribution < 1.29 is 14.6 Å². The molecule has 1 aliphatic heterocycles. The SMILES string of the molecule is C[C@H]1CCN(C(=O)OC(C)(C)C)[C@H]1CO. The van der Waals surface area contributed by atoms with Crippen LogP contribution in [-0.4, -0.2) is 40.9 Å². The van der Waals surface area contributed by atoms with Crippen LogP contribution in [0.4, 0.5) is 4.79 Å². The second kappa shape index (κ2) is 4.39. The van der Waals surface area contributed by atoms with Crippen LogP contribution in [0.5, 0.6) is 0 Å². The van der Waals surface area contributed by atoms with Crippen LogP contribution in [0.25, 0.3) is 0 Å². The maximum atomic E-state index is 11.8. The summed E-state index contributed by atoms with van der Waals surface area (Å²) in [6, 6.07) is -0.0835. The third-order valence-corrected chi connectivity index (χ3v) is 2.70. The molecule has 0 bridgehead atoms. The van der Waals surface area contributed by atoms with Crippen LogP contribution >= 0.6 is 0 Å². The number of likely N-dealkylation sites (tertiary alicyclic amines) is 1. The minimum absolute atomic E-state index is 0.0143. The molecule has 1 saturated heterocycles. The van der Waals surface area contributed by atoms with E-state index in [1.807, 2.05) is 27.7 Å². The first-order chi connectivity index (χ1) is 6.85. The van der Waals surface area contributed by atoms with Gasteiger partial charge in [0.2, 0.25) is 0 Å². The van der Waals surface area contributed by atoms with Gasteiger partial charge in [-0.15, -0.1) is 0 Å². The maximum Gasteiger partial charge on any atom is 0.410 e. The van der Waals surface area contributed by atoms with Crippen molar-refractivity contribution in [3.63, 3.8) is 0 Å². The van der Waals surface area contributed by atoms with Gasteiger partial charge in [0.25, 0.3) is 0 Å². The van der Waals surface area contributed by atoms with Crippen molar-refractivity contribution in [3.8, 4) is 0 Å². The van der Waals surface area contributed by atoms with Crippen molar-refractivity contribution in [2.24, 2.45) is 5.92 Å². The summed E-state index contributed by atoms with van der Waals surface area (Å²) in [6.07, 6.45) is 0.621. The van der Waals surface area contributed by atoms with Crippen LogP contribution in [0.3, 0.4) is 0 Å². The minimum atomic E-state index is -0.469. The monoisotopic (exact) mass is 215 g/mol. The number of hydrogen-bond donors (Lipinski definition) is 1. The quantitative estimate of drug-likeness (QED) is 0.723. The van der Waals surface area contributed by atoms with Crippen molar-refractivity contribution in [3.05, 3.63) is 0 Å². The van der Waals surface area contributed by atoms with Gasteiger partial charge in [0, 0.05) is 6.54 Å². The molecule has 0 aromatic rings. The lowest BCUT2D eigenvalue weighted by Gasteiger charge is -2.28. The normalized spacial score (nSPS) is 26.9. The van der Waals surface area contributed by atoms with Gasteiger partial charge < -0.3 is 14.7 Å². The first kappa shape index (κ1) is 12.3. The first-order valence-corrected chi connectivity index (χ1v) is 5.45. The van der Waals surface area contributed by atoms with E-state index in [4.69, 9.17) is 4.74 Å². The summed E-state index contributed by atoms with van der Waals surface area (Å²) < 4.78 is 5.28. The second-order valence-corrected chi connectivity index (χ2v) is 5.19. The summed E-state index contributed by atoms with van der Waals surface area (Å²) in [5.41, 5.74) is -0.469. The van der Waals surface area contributed by atoms with Crippen LogP contribution in [0.15, 0.2) is 0 Å². The molecule has 88 valence electrons. The van der Waals surface area contributed by atoms with E-state index in [1.165, 1.54) is 0 Å². The minimum Gasteiger partial charge on any atom is -0.444 e. The van der Waals surface area contributed by atoms with Crippen LogP contribution in [0.2, 0.25) is 0 Å². The van der Waals surface area contributed by atoms with Crippen LogP contribution < -0.4 is 0 Å². The highest BCUT2D eigenvalue weighted by atomic mass is 16.6. The average Bonchev–Trinajstić information content (AvgIpc) is 2.43. The zero-order valence-corrected chi connectivity index (χ0v) is 9.99. The molecule has 0 unspecified atom stereocenters. The molecular weight excluding hydrogens is 194 g/mol. The van der Waals surface area contributed by atoms with Crippen molar-refractivity contribution in [2.45, 2.75) is 45.8 Å². The first-order valence-electron chi connectivity index (χ1n) is 5.45. The summed E-state index contributed by atoms with van der Waals surface area (Å²) in [5.74, 6) is 0.350. The van der Waals surface area contributed by atoms with E-state index < -0.39 is 5.60 Å². The lowest BCUT2D eigenvalue weighted by atomic mass is 10.0. The Kier molecular flexibility index (Phi) is 3.60. The Morgan fingerprint density at radius 2 is 2.13 bits per heavy atom. The fraction of sp³-hybridized carbons (Fsp3) is 0.909. The molecule has 1 rings (SSSR count). The number of carbonyl (C=O) groups is 1. The summed E-state index contributed by atoms with van der Waals surface area (Å²) in [6.45, 7) is 8.28. The summed E-state index contributed by atoms with van der Waals surface area (Å²) in [5, 5.41) is 9.20. The van der Waals surface area contributed by atoms with Crippen LogP contribution in [0, 0.1) is 5.92 Å². The number of aliphatic hydroxyl groups is 1. The van der Waals surface area contributed by atoms with Gasteiger partial charge in [-0.3, -0.25) is 0 Å². The maximum absolute atomic E-state index is 11.8. The van der Waals surface area contributed by atoms with Gasteiger partial charge in [0.1, 0.15) is 5.60 Å². The zero-order chi connectivity index (χ0) is 11.6. The van der Waals surface area contributed by atoms with Crippen molar-refractivity contribution in [2.75, 3.05) is 13.2 Å². The molecule has 2 atom stereocenters. The van der Waals surface area contributed by atoms with E-state index >= 15 is 0 Å². The summed E-state index contributed by atoms with van der Waals surface area (Å²) in [4.78, 5) is 13.4. The Labute approximate surface area is 91.2 Å². The Balaban J connectivity index is 2.60. The number of hydrogen-bond acceptors (Lipinski definition) is 3. The number of aliphatic hydroxyl groups excluding tert-OH is 1. The van der Waals surface area contributed by atoms with Crippen molar-refractivity contribution in [1.82, 2.24) is 4.90 Å². The Bertz CT molecular complexity index is 234. The molecule has 0 aromatic heterocycles. The molecule has 1 heterocycles. The molecule has 0 aliphatic carbocycles. The van der Waals surface area contributed by atoms with E-state index in [-0.39, 0.29) is 18.7 Å². The van der Waals surface area contributed by atoms with Gasteiger partial charge in [-0.1, -0.05) is 6.92 Å². The molecule has 4 nitrogen and oxygen atoms in total. The highest BCUT2D eigenvalue weighted by Crippen LogP contribution is 2.25. The molecule has 15 heavy (non-hydrogen) atoms. The molecule has 1 aliphatic rings. The smallest absolute Gasteiger partial charge is 0.410 e. The van der Waals surface area contributed by atoms with Gasteiger partial charge in [0.15, 0.2) is 0 Å². The Hall–Kier alpha value is -0.770. The molecule has 1 N–H and O–H groups in total. The Morgan fingerprint density at radius 3 is 2.60 bits per heavy atom. The molecule has 0 saturated carbocycles. The van der Waals surface area contributed by atoms with Crippen molar-refractivity contribution in [1.29, 1.82) is 0 Å². The van der Waals surface area contributed by atoms with Gasteiger partial charge in [-0.05, 0) is 33.1 Å². The third kappa shape index (κ3) is 3.09. The summed E-state index contributed by atoms with van der Waals surface area (Å²) in [7, 11) is 0. The van der Waals surface area contributed by atoms with E-state index in [0.29, 0.717) is 12.5 Å². The molecule has 0 radical (unpaired) electrons. The molecule has 0 aromatic carbocycles. The van der Waals surface area contributed by atoms with Crippen molar-refractivity contribution >= 4 is 6.09 Å². The highest BCUT2D eigenvalue weighted by Gasteiger charge is 2.36. The van der Waals surface area contributed by atoms with E-state index in [9.17, 15) is 9.90 Å². The van der Waals surface area contributed by atoms with Gasteiger partial charge >= 0.3 is 6.09 Å². The van der Waals surface area contributed by atoms with Gasteiger partial charge in [-0.25, -0.2) is 4.79 Å². The largest absolute Gasteiger partial charge is 0.444 e. The molecule has 1 fully saturated rings. The topological polar surface area (TPSA) is 49.8 Å². The van der Waals surface area contributed by atoms with Gasteiger partial charge in [-0.2, -0.15) is 0 Å². The number of rotatable bonds is 1. The third-order valence-electron chi connectivity index (χ3n) is 2.70. The predicted molar refractivity (Wildman–Crippen MR) is 57.6 cm³/mol. The molecule has 1 amide bonds. The fourth-order valence-electron chi connectivity index (χ4n) is 1.83. The lowest BCUT2D eigenvalue weighted by Crippen LogP contribution is -2.42. The van der Waals surface area contributed by atoms with Gasteiger partial charge in [0.05, 0.1) is 12.6 Å². The van der Waals surface area contributed by atoms with E-state index in [0.717, 1.165) is 6.42 Å². The number of carbonyl (C=O) groups excluding carboxylic acids is 1. The molecule has 4 heteroatoms. The molecular formula is C11H21NO3. The zero-order valence-electron chi connectivity index (χ0n) is 9.99. The number of ether oxygens (including phenoxy) is 1. The number of amides is 1. The van der Waals surface area contributed by atoms with Crippen LogP contribution in [-0.2, 0) is 4.74 Å². The fourth-order valence-corrected chi connectivity index (χ4v) is 1.83. The number of nitrogens with zero attached hydrogens (tertiary/aromatic N) is 1.